The molecule has 2 aliphatic carbocycles. The second-order valence-corrected chi connectivity index (χ2v) is 6.94. The van der Waals surface area contributed by atoms with E-state index in [1.165, 1.54) is 6.42 Å². The third-order valence-corrected chi connectivity index (χ3v) is 5.72. The molecule has 0 saturated heterocycles. The third-order valence-electron chi connectivity index (χ3n) is 5.72. The summed E-state index contributed by atoms with van der Waals surface area (Å²) < 4.78 is 6.20. The number of hydrogen-bond acceptors (Lipinski definition) is 6. The van der Waals surface area contributed by atoms with Crippen LogP contribution in [-0.4, -0.2) is 41.8 Å². The van der Waals surface area contributed by atoms with Crippen molar-refractivity contribution in [3.63, 3.8) is 0 Å². The zero-order valence-electron chi connectivity index (χ0n) is 14.2. The summed E-state index contributed by atoms with van der Waals surface area (Å²) in [5.74, 6) is 7.34. The maximum Gasteiger partial charge on any atom is 0.134 e. The standard InChI is InChI=1S/C17H29N5O/c1-3-14(22-18)15(19-2)11-23-13-5-6-17(10-12(17)9-13)16-20-7-4-8-21-16/h4,7-8,12-15,19,22H,3,5-6,9-11,18H2,1-2H3. The van der Waals surface area contributed by atoms with E-state index in [0.29, 0.717) is 18.6 Å². The average molecular weight is 319 g/mol. The molecule has 0 radical (unpaired) electrons. The summed E-state index contributed by atoms with van der Waals surface area (Å²) in [5, 5.41) is 3.31. The molecular formula is C17H29N5O. The number of likely N-dealkylation sites (N-methyl/N-ethyl adjacent to an activating group) is 1. The van der Waals surface area contributed by atoms with Crippen molar-refractivity contribution in [2.45, 2.75) is 62.6 Å². The first-order chi connectivity index (χ1) is 11.2. The van der Waals surface area contributed by atoms with Crippen LogP contribution in [0.25, 0.3) is 0 Å². The van der Waals surface area contributed by atoms with E-state index in [2.05, 4.69) is 27.6 Å². The predicted molar refractivity (Wildman–Crippen MR) is 89.7 cm³/mol. The number of ether oxygens (including phenoxy) is 1. The number of hydrazine groups is 1. The van der Waals surface area contributed by atoms with E-state index in [4.69, 9.17) is 10.6 Å². The summed E-state index contributed by atoms with van der Waals surface area (Å²) in [7, 11) is 1.97. The lowest BCUT2D eigenvalue weighted by Crippen LogP contribution is -2.52. The van der Waals surface area contributed by atoms with Crippen LogP contribution < -0.4 is 16.6 Å². The number of aromatic nitrogens is 2. The molecule has 2 aliphatic rings. The summed E-state index contributed by atoms with van der Waals surface area (Å²) in [4.78, 5) is 8.98. The maximum absolute atomic E-state index is 6.20. The molecule has 6 heteroatoms. The number of nitrogens with zero attached hydrogens (tertiary/aromatic N) is 2. The van der Waals surface area contributed by atoms with Crippen molar-refractivity contribution in [2.24, 2.45) is 11.8 Å². The van der Waals surface area contributed by atoms with E-state index >= 15 is 0 Å². The van der Waals surface area contributed by atoms with Crippen LogP contribution in [0.15, 0.2) is 18.5 Å². The van der Waals surface area contributed by atoms with Crippen molar-refractivity contribution in [3.8, 4) is 0 Å². The summed E-state index contributed by atoms with van der Waals surface area (Å²) >= 11 is 0. The Labute approximate surface area is 138 Å². The number of nitrogens with one attached hydrogen (secondary N) is 2. The van der Waals surface area contributed by atoms with Gasteiger partial charge in [-0.05, 0) is 51.1 Å². The minimum Gasteiger partial charge on any atom is -0.377 e. The Morgan fingerprint density at radius 2 is 2.17 bits per heavy atom. The van der Waals surface area contributed by atoms with Crippen molar-refractivity contribution in [2.75, 3.05) is 13.7 Å². The van der Waals surface area contributed by atoms with Gasteiger partial charge in [0.1, 0.15) is 5.82 Å². The molecule has 0 bridgehead atoms. The molecule has 0 spiro atoms. The minimum absolute atomic E-state index is 0.237. The van der Waals surface area contributed by atoms with Crippen LogP contribution in [0.5, 0.6) is 0 Å². The average Bonchev–Trinajstić information content (AvgIpc) is 3.34. The van der Waals surface area contributed by atoms with Crippen molar-refractivity contribution in [3.05, 3.63) is 24.3 Å². The van der Waals surface area contributed by atoms with E-state index in [1.807, 2.05) is 25.5 Å². The molecule has 0 aliphatic heterocycles. The lowest BCUT2D eigenvalue weighted by molar-refractivity contribution is 0.00592. The fourth-order valence-electron chi connectivity index (χ4n) is 4.10. The van der Waals surface area contributed by atoms with Gasteiger partial charge < -0.3 is 10.1 Å². The molecule has 128 valence electrons. The lowest BCUT2D eigenvalue weighted by Gasteiger charge is -2.31. The number of nitrogens with two attached hydrogens (primary N) is 1. The highest BCUT2D eigenvalue weighted by Crippen LogP contribution is 2.61. The van der Waals surface area contributed by atoms with E-state index in [-0.39, 0.29) is 17.5 Å². The van der Waals surface area contributed by atoms with E-state index in [9.17, 15) is 0 Å². The Bertz CT molecular complexity index is 495. The molecule has 4 N–H and O–H groups in total. The van der Waals surface area contributed by atoms with Crippen LogP contribution in [0.1, 0.15) is 44.9 Å². The van der Waals surface area contributed by atoms with Gasteiger partial charge in [0.25, 0.3) is 0 Å². The molecule has 3 rings (SSSR count). The van der Waals surface area contributed by atoms with Gasteiger partial charge in [0.05, 0.1) is 12.7 Å². The fraction of sp³-hybridized carbons (Fsp3) is 0.765. The van der Waals surface area contributed by atoms with Crippen molar-refractivity contribution >= 4 is 0 Å². The monoisotopic (exact) mass is 319 g/mol. The largest absolute Gasteiger partial charge is 0.377 e. The Kier molecular flexibility index (Phi) is 5.26. The first-order valence-electron chi connectivity index (χ1n) is 8.76. The van der Waals surface area contributed by atoms with Crippen molar-refractivity contribution in [1.29, 1.82) is 0 Å². The van der Waals surface area contributed by atoms with Gasteiger partial charge in [-0.1, -0.05) is 6.92 Å². The van der Waals surface area contributed by atoms with Crippen LogP contribution in [0, 0.1) is 5.92 Å². The van der Waals surface area contributed by atoms with Gasteiger partial charge >= 0.3 is 0 Å². The van der Waals surface area contributed by atoms with Gasteiger partial charge in [-0.25, -0.2) is 9.97 Å². The van der Waals surface area contributed by atoms with Gasteiger partial charge in [-0.3, -0.25) is 11.3 Å². The zero-order chi connectivity index (χ0) is 16.3. The van der Waals surface area contributed by atoms with E-state index in [0.717, 1.165) is 31.5 Å². The third kappa shape index (κ3) is 3.40. The Morgan fingerprint density at radius 1 is 1.39 bits per heavy atom. The number of rotatable bonds is 8. The molecule has 5 atom stereocenters. The molecule has 1 heterocycles. The topological polar surface area (TPSA) is 85.1 Å². The van der Waals surface area contributed by atoms with Crippen LogP contribution in [-0.2, 0) is 10.2 Å². The number of fused-ring (bicyclic) bond motifs is 1. The van der Waals surface area contributed by atoms with Crippen molar-refractivity contribution < 1.29 is 4.74 Å². The highest BCUT2D eigenvalue weighted by Gasteiger charge is 2.59. The fourth-order valence-corrected chi connectivity index (χ4v) is 4.10. The molecule has 23 heavy (non-hydrogen) atoms. The predicted octanol–water partition coefficient (Wildman–Crippen LogP) is 1.13. The molecular weight excluding hydrogens is 290 g/mol. The Morgan fingerprint density at radius 3 is 2.78 bits per heavy atom. The molecule has 1 aromatic rings. The zero-order valence-corrected chi connectivity index (χ0v) is 14.2. The second kappa shape index (κ2) is 7.21. The van der Waals surface area contributed by atoms with E-state index in [1.54, 1.807) is 0 Å². The lowest BCUT2D eigenvalue weighted by atomic mass is 9.86. The van der Waals surface area contributed by atoms with Gasteiger partial charge in [0.15, 0.2) is 0 Å². The molecule has 5 unspecified atom stereocenters. The van der Waals surface area contributed by atoms with Crippen LogP contribution in [0.2, 0.25) is 0 Å². The molecule has 6 nitrogen and oxygen atoms in total. The quantitative estimate of drug-likeness (QED) is 0.492. The smallest absolute Gasteiger partial charge is 0.134 e. The van der Waals surface area contributed by atoms with Crippen LogP contribution in [0.4, 0.5) is 0 Å². The minimum atomic E-state index is 0.237. The molecule has 2 fully saturated rings. The van der Waals surface area contributed by atoms with Gasteiger partial charge in [0.2, 0.25) is 0 Å². The molecule has 1 aromatic heterocycles. The summed E-state index contributed by atoms with van der Waals surface area (Å²) in [6.45, 7) is 2.83. The van der Waals surface area contributed by atoms with Gasteiger partial charge in [0, 0.05) is 29.9 Å². The highest BCUT2D eigenvalue weighted by atomic mass is 16.5. The first-order valence-corrected chi connectivity index (χ1v) is 8.76. The second-order valence-electron chi connectivity index (χ2n) is 6.94. The summed E-state index contributed by atoms with van der Waals surface area (Å²) in [6, 6.07) is 2.37. The van der Waals surface area contributed by atoms with E-state index < -0.39 is 0 Å². The molecule has 0 aromatic carbocycles. The first kappa shape index (κ1) is 16.8. The van der Waals surface area contributed by atoms with Crippen LogP contribution in [0.3, 0.4) is 0 Å². The Hall–Kier alpha value is -1.08. The Balaban J connectivity index is 1.50. The van der Waals surface area contributed by atoms with Crippen LogP contribution >= 0.6 is 0 Å². The summed E-state index contributed by atoms with van der Waals surface area (Å²) in [5.41, 5.74) is 3.12. The number of hydrogen-bond donors (Lipinski definition) is 3. The highest BCUT2D eigenvalue weighted by molar-refractivity contribution is 5.24. The van der Waals surface area contributed by atoms with Gasteiger partial charge in [-0.2, -0.15) is 0 Å². The van der Waals surface area contributed by atoms with Crippen molar-refractivity contribution in [1.82, 2.24) is 20.7 Å². The molecule has 2 saturated carbocycles. The maximum atomic E-state index is 6.20. The normalized spacial score (nSPS) is 32.1. The SMILES string of the molecule is CCC(NN)C(COC1CCC2(c3ncccn3)CC2C1)NC. The van der Waals surface area contributed by atoms with Gasteiger partial charge in [-0.15, -0.1) is 0 Å². The molecule has 0 amide bonds. The summed E-state index contributed by atoms with van der Waals surface area (Å²) in [6.07, 6.45) is 9.63.